The lowest BCUT2D eigenvalue weighted by Crippen LogP contribution is -2.52. The lowest BCUT2D eigenvalue weighted by molar-refractivity contribution is -0.123. The molecule has 1 aromatic rings. The molecule has 30 heavy (non-hydrogen) atoms. The van der Waals surface area contributed by atoms with Crippen molar-refractivity contribution in [1.82, 2.24) is 14.3 Å². The number of amides is 1. The number of hydrogen-bond donors (Lipinski definition) is 2. The van der Waals surface area contributed by atoms with Crippen LogP contribution in [0, 0.1) is 6.92 Å². The summed E-state index contributed by atoms with van der Waals surface area (Å²) >= 11 is 1.53. The van der Waals surface area contributed by atoms with Crippen molar-refractivity contribution in [2.24, 2.45) is 0 Å². The third-order valence-electron chi connectivity index (χ3n) is 5.11. The maximum atomic E-state index is 12.8. The third kappa shape index (κ3) is 6.94. The number of nitrogens with one attached hydrogen (secondary N) is 2. The molecule has 1 saturated heterocycles. The van der Waals surface area contributed by atoms with Crippen molar-refractivity contribution in [1.29, 1.82) is 0 Å². The van der Waals surface area contributed by atoms with Crippen LogP contribution in [0.1, 0.15) is 31.7 Å². The highest BCUT2D eigenvalue weighted by Gasteiger charge is 2.30. The first-order chi connectivity index (χ1) is 14.1. The highest BCUT2D eigenvalue weighted by Crippen LogP contribution is 2.16. The number of benzene rings is 1. The van der Waals surface area contributed by atoms with Crippen molar-refractivity contribution >= 4 is 37.7 Å². The molecule has 1 atom stereocenters. The summed E-state index contributed by atoms with van der Waals surface area (Å²) in [7, 11) is -7.06. The second-order valence-electron chi connectivity index (χ2n) is 7.35. The zero-order valence-electron chi connectivity index (χ0n) is 17.6. The molecule has 170 valence electrons. The first kappa shape index (κ1) is 25.1. The first-order valence-electron chi connectivity index (χ1n) is 9.95. The molecule has 0 spiro atoms. The number of piperidine rings is 1. The van der Waals surface area contributed by atoms with Gasteiger partial charge in [-0.1, -0.05) is 17.7 Å². The fraction of sp³-hybridized carbons (Fsp3) is 0.632. The number of rotatable bonds is 10. The van der Waals surface area contributed by atoms with E-state index >= 15 is 0 Å². The average Bonchev–Trinajstić information content (AvgIpc) is 2.71. The third-order valence-corrected chi connectivity index (χ3v) is 9.13. The monoisotopic (exact) mass is 477 g/mol. The Morgan fingerprint density at radius 1 is 1.17 bits per heavy atom. The van der Waals surface area contributed by atoms with Crippen molar-refractivity contribution in [2.75, 3.05) is 30.9 Å². The summed E-state index contributed by atoms with van der Waals surface area (Å²) in [6, 6.07) is 5.39. The zero-order valence-corrected chi connectivity index (χ0v) is 20.1. The molecule has 0 saturated carbocycles. The van der Waals surface area contributed by atoms with Crippen LogP contribution in [0.2, 0.25) is 0 Å². The fourth-order valence-corrected chi connectivity index (χ4v) is 6.05. The Kier molecular flexibility index (Phi) is 9.16. The van der Waals surface area contributed by atoms with Crippen molar-refractivity contribution < 1.29 is 21.6 Å². The van der Waals surface area contributed by atoms with Crippen molar-refractivity contribution in [3.8, 4) is 0 Å². The molecule has 1 heterocycles. The van der Waals surface area contributed by atoms with E-state index in [1.54, 1.807) is 19.1 Å². The van der Waals surface area contributed by atoms with Gasteiger partial charge in [-0.25, -0.2) is 21.1 Å². The van der Waals surface area contributed by atoms with Gasteiger partial charge in [0.05, 0.1) is 10.6 Å². The van der Waals surface area contributed by atoms with Gasteiger partial charge >= 0.3 is 0 Å². The molecule has 1 aliphatic heterocycles. The topological polar surface area (TPSA) is 113 Å². The zero-order chi connectivity index (χ0) is 22.4. The molecule has 2 N–H and O–H groups in total. The summed E-state index contributed by atoms with van der Waals surface area (Å²) in [6.45, 7) is 4.19. The van der Waals surface area contributed by atoms with Gasteiger partial charge in [-0.05, 0) is 57.3 Å². The SMILES string of the molecule is CCS(=O)(=O)N1CCC(NC(=O)[C@@H](CCSC)NS(=O)(=O)c2ccc(C)cc2)CC1. The second kappa shape index (κ2) is 10.9. The second-order valence-corrected chi connectivity index (χ2v) is 12.3. The van der Waals surface area contributed by atoms with Gasteiger partial charge in [0.2, 0.25) is 26.0 Å². The largest absolute Gasteiger partial charge is 0.352 e. The smallest absolute Gasteiger partial charge is 0.241 e. The summed E-state index contributed by atoms with van der Waals surface area (Å²) < 4.78 is 53.4. The van der Waals surface area contributed by atoms with Crippen LogP contribution in [0.5, 0.6) is 0 Å². The van der Waals surface area contributed by atoms with Gasteiger partial charge in [-0.3, -0.25) is 4.79 Å². The Morgan fingerprint density at radius 2 is 1.77 bits per heavy atom. The van der Waals surface area contributed by atoms with E-state index in [-0.39, 0.29) is 22.6 Å². The minimum Gasteiger partial charge on any atom is -0.352 e. The van der Waals surface area contributed by atoms with E-state index in [1.165, 1.54) is 28.2 Å². The predicted molar refractivity (Wildman–Crippen MR) is 120 cm³/mol. The number of aryl methyl sites for hydroxylation is 1. The molecular formula is C19H31N3O5S3. The van der Waals surface area contributed by atoms with E-state index in [4.69, 9.17) is 0 Å². The molecule has 0 aromatic heterocycles. The number of thioether (sulfide) groups is 1. The quantitative estimate of drug-likeness (QED) is 0.526. The highest BCUT2D eigenvalue weighted by atomic mass is 32.2. The molecule has 0 unspecified atom stereocenters. The summed E-state index contributed by atoms with van der Waals surface area (Å²) in [4.78, 5) is 13.0. The van der Waals surface area contributed by atoms with Gasteiger partial charge in [0.15, 0.2) is 0 Å². The Labute approximate surface area is 184 Å². The van der Waals surface area contributed by atoms with E-state index in [1.807, 2.05) is 13.2 Å². The molecule has 0 bridgehead atoms. The fourth-order valence-electron chi connectivity index (χ4n) is 3.21. The molecule has 2 rings (SSSR count). The Balaban J connectivity index is 2.02. The predicted octanol–water partition coefficient (Wildman–Crippen LogP) is 1.33. The number of sulfonamides is 2. The van der Waals surface area contributed by atoms with Gasteiger partial charge in [0.1, 0.15) is 6.04 Å². The van der Waals surface area contributed by atoms with E-state index in [0.717, 1.165) is 5.56 Å². The van der Waals surface area contributed by atoms with E-state index < -0.39 is 26.1 Å². The molecule has 0 radical (unpaired) electrons. The van der Waals surface area contributed by atoms with Gasteiger partial charge in [-0.2, -0.15) is 16.5 Å². The summed E-state index contributed by atoms with van der Waals surface area (Å²) in [5, 5.41) is 2.90. The van der Waals surface area contributed by atoms with Gasteiger partial charge in [0.25, 0.3) is 0 Å². The summed E-state index contributed by atoms with van der Waals surface area (Å²) in [5.41, 5.74) is 0.946. The molecule has 1 fully saturated rings. The molecule has 0 aliphatic carbocycles. The van der Waals surface area contributed by atoms with Crippen LogP contribution in [-0.2, 0) is 24.8 Å². The molecular weight excluding hydrogens is 446 g/mol. The van der Waals surface area contributed by atoms with Crippen LogP contribution in [0.25, 0.3) is 0 Å². The van der Waals surface area contributed by atoms with E-state index in [2.05, 4.69) is 10.0 Å². The number of hydrogen-bond acceptors (Lipinski definition) is 6. The number of nitrogens with zero attached hydrogens (tertiary/aromatic N) is 1. The van der Waals surface area contributed by atoms with Gasteiger partial charge in [0, 0.05) is 19.1 Å². The summed E-state index contributed by atoms with van der Waals surface area (Å²) in [6.07, 6.45) is 3.27. The molecule has 11 heteroatoms. The average molecular weight is 478 g/mol. The van der Waals surface area contributed by atoms with Crippen LogP contribution in [-0.4, -0.2) is 70.0 Å². The van der Waals surface area contributed by atoms with Crippen LogP contribution in [0.3, 0.4) is 0 Å². The Hall–Kier alpha value is -1.14. The summed E-state index contributed by atoms with van der Waals surface area (Å²) in [5.74, 6) is 0.306. The highest BCUT2D eigenvalue weighted by molar-refractivity contribution is 7.98. The normalized spacial score (nSPS) is 17.6. The van der Waals surface area contributed by atoms with E-state index in [0.29, 0.717) is 38.1 Å². The Morgan fingerprint density at radius 3 is 2.30 bits per heavy atom. The lowest BCUT2D eigenvalue weighted by Gasteiger charge is -2.32. The van der Waals surface area contributed by atoms with Gasteiger partial charge in [-0.15, -0.1) is 0 Å². The lowest BCUT2D eigenvalue weighted by atomic mass is 10.1. The molecule has 8 nitrogen and oxygen atoms in total. The van der Waals surface area contributed by atoms with E-state index in [9.17, 15) is 21.6 Å². The van der Waals surface area contributed by atoms with Crippen LogP contribution < -0.4 is 10.0 Å². The van der Waals surface area contributed by atoms with Crippen molar-refractivity contribution in [3.05, 3.63) is 29.8 Å². The van der Waals surface area contributed by atoms with Crippen molar-refractivity contribution in [3.63, 3.8) is 0 Å². The van der Waals surface area contributed by atoms with Crippen LogP contribution in [0.4, 0.5) is 0 Å². The number of carbonyl (C=O) groups is 1. The maximum absolute atomic E-state index is 12.8. The molecule has 1 aliphatic rings. The van der Waals surface area contributed by atoms with Gasteiger partial charge < -0.3 is 5.32 Å². The number of carbonyl (C=O) groups excluding carboxylic acids is 1. The minimum atomic E-state index is -3.83. The van der Waals surface area contributed by atoms with Crippen LogP contribution >= 0.6 is 11.8 Å². The molecule has 1 amide bonds. The standard InChI is InChI=1S/C19H31N3O5S3/c1-4-29(24,25)22-12-9-16(10-13-22)20-19(23)18(11-14-28-3)21-30(26,27)17-7-5-15(2)6-8-17/h5-8,16,18,21H,4,9-14H2,1-3H3,(H,20,23)/t18-/m1/s1. The maximum Gasteiger partial charge on any atom is 0.241 e. The van der Waals surface area contributed by atoms with Crippen molar-refractivity contribution in [2.45, 2.75) is 50.1 Å². The first-order valence-corrected chi connectivity index (χ1v) is 14.4. The molecule has 1 aromatic carbocycles. The van der Waals surface area contributed by atoms with Crippen LogP contribution in [0.15, 0.2) is 29.2 Å². The minimum absolute atomic E-state index is 0.0571. The Bertz CT molecular complexity index is 909.